The van der Waals surface area contributed by atoms with Gasteiger partial charge in [-0.25, -0.2) is 0 Å². The molecule has 1 fully saturated rings. The van der Waals surface area contributed by atoms with E-state index in [0.29, 0.717) is 12.8 Å². The van der Waals surface area contributed by atoms with Crippen LogP contribution in [0.25, 0.3) is 0 Å². The molecule has 3 nitrogen and oxygen atoms in total. The summed E-state index contributed by atoms with van der Waals surface area (Å²) in [6.07, 6.45) is 30.5. The van der Waals surface area contributed by atoms with Crippen molar-refractivity contribution < 1.29 is 14.7 Å². The molecule has 0 saturated heterocycles. The molecule has 1 N–H and O–H groups in total. The van der Waals surface area contributed by atoms with Crippen LogP contribution in [0.1, 0.15) is 94.9 Å². The molecule has 2 aliphatic carbocycles. The van der Waals surface area contributed by atoms with E-state index in [-0.39, 0.29) is 28.5 Å². The highest BCUT2D eigenvalue weighted by atomic mass is 16.3. The molecule has 2 rings (SSSR count). The van der Waals surface area contributed by atoms with E-state index in [9.17, 15) is 14.7 Å². The second-order valence-electron chi connectivity index (χ2n) is 14.0. The molecule has 0 unspecified atom stereocenters. The molecule has 0 aromatic carbocycles. The first kappa shape index (κ1) is 35.9. The molecule has 232 valence electrons. The molecule has 0 heterocycles. The molecule has 0 aromatic rings. The third kappa shape index (κ3) is 10.7. The van der Waals surface area contributed by atoms with Crippen LogP contribution in [-0.2, 0) is 9.59 Å². The van der Waals surface area contributed by atoms with Gasteiger partial charge in [-0.15, -0.1) is 0 Å². The van der Waals surface area contributed by atoms with E-state index < -0.39 is 5.41 Å². The SMILES string of the molecule is CC1=C(/C=C/C(C)=C/C=C/C(C)=C/C=C/C=C(C)/C=C/C=C(C)/C=C/C(=O)[C@]2(C)CC(=O)CC2(C)C)C(C)(C)C[C@H](O)C1. The summed E-state index contributed by atoms with van der Waals surface area (Å²) >= 11 is 0. The Bertz CT molecular complexity index is 1360. The van der Waals surface area contributed by atoms with Crippen molar-refractivity contribution in [1.82, 2.24) is 0 Å². The molecule has 1 saturated carbocycles. The first-order valence-corrected chi connectivity index (χ1v) is 15.5. The zero-order valence-corrected chi connectivity index (χ0v) is 28.3. The summed E-state index contributed by atoms with van der Waals surface area (Å²) in [4.78, 5) is 24.9. The molecule has 0 radical (unpaired) electrons. The summed E-state index contributed by atoms with van der Waals surface area (Å²) in [5.74, 6) is 0.195. The van der Waals surface area contributed by atoms with Crippen LogP contribution < -0.4 is 0 Å². The standard InChI is InChI=1S/C40H54O3/c1-29(17-13-19-31(3)21-23-36-33(5)25-34(41)26-38(36,6)7)15-11-12-16-30(2)18-14-20-32(4)22-24-37(43)40(10)28-35(42)27-39(40,8)9/h11-24,34,41H,25-28H2,1-10H3/b12-11+,17-13+,18-14+,23-21+,24-22+,29-15+,30-16+,31-19+,32-20+/t34-,40+/m1/s1. The first-order chi connectivity index (χ1) is 20.0. The predicted octanol–water partition coefficient (Wildman–Crippen LogP) is 10.0. The summed E-state index contributed by atoms with van der Waals surface area (Å²) in [6.45, 7) is 20.7. The van der Waals surface area contributed by atoms with Crippen molar-refractivity contribution in [2.75, 3.05) is 0 Å². The predicted molar refractivity (Wildman–Crippen MR) is 184 cm³/mol. The second kappa shape index (κ2) is 15.4. The van der Waals surface area contributed by atoms with Gasteiger partial charge >= 0.3 is 0 Å². The number of allylic oxidation sites excluding steroid dienone is 19. The maximum absolute atomic E-state index is 12.9. The maximum Gasteiger partial charge on any atom is 0.162 e. The average Bonchev–Trinajstić information content (AvgIpc) is 3.10. The number of hydrogen-bond donors (Lipinski definition) is 1. The monoisotopic (exact) mass is 582 g/mol. The van der Waals surface area contributed by atoms with Crippen molar-refractivity contribution in [3.63, 3.8) is 0 Å². The Labute approximate surface area is 261 Å². The summed E-state index contributed by atoms with van der Waals surface area (Å²) in [5.41, 5.74) is 6.10. The molecule has 0 aliphatic heterocycles. The first-order valence-electron chi connectivity index (χ1n) is 15.5. The van der Waals surface area contributed by atoms with Crippen molar-refractivity contribution in [3.05, 3.63) is 119 Å². The maximum atomic E-state index is 12.9. The van der Waals surface area contributed by atoms with Crippen molar-refractivity contribution in [2.24, 2.45) is 16.2 Å². The van der Waals surface area contributed by atoms with Gasteiger partial charge in [0.25, 0.3) is 0 Å². The molecule has 0 aromatic heterocycles. The third-order valence-electron chi connectivity index (χ3n) is 8.98. The van der Waals surface area contributed by atoms with Crippen molar-refractivity contribution in [1.29, 1.82) is 0 Å². The van der Waals surface area contributed by atoms with E-state index in [1.54, 1.807) is 6.08 Å². The zero-order chi connectivity index (χ0) is 32.4. The number of hydrogen-bond acceptors (Lipinski definition) is 3. The lowest BCUT2D eigenvalue weighted by atomic mass is 9.66. The van der Waals surface area contributed by atoms with Gasteiger partial charge in [-0.1, -0.05) is 141 Å². The lowest BCUT2D eigenvalue weighted by molar-refractivity contribution is -0.128. The molecule has 3 heteroatoms. The summed E-state index contributed by atoms with van der Waals surface area (Å²) in [7, 11) is 0. The average molecular weight is 583 g/mol. The highest BCUT2D eigenvalue weighted by molar-refractivity contribution is 6.01. The molecule has 0 amide bonds. The minimum atomic E-state index is -0.631. The van der Waals surface area contributed by atoms with Crippen molar-refractivity contribution in [2.45, 2.75) is 101 Å². The Kier molecular flexibility index (Phi) is 12.9. The molecule has 2 atom stereocenters. The van der Waals surface area contributed by atoms with Crippen molar-refractivity contribution >= 4 is 11.6 Å². The Morgan fingerprint density at radius 3 is 1.70 bits per heavy atom. The van der Waals surface area contributed by atoms with Gasteiger partial charge in [-0.2, -0.15) is 0 Å². The largest absolute Gasteiger partial charge is 0.393 e. The van der Waals surface area contributed by atoms with Crippen LogP contribution in [0.5, 0.6) is 0 Å². The fourth-order valence-electron chi connectivity index (χ4n) is 5.93. The Balaban J connectivity index is 1.89. The number of carbonyl (C=O) groups is 2. The van der Waals surface area contributed by atoms with Crippen LogP contribution >= 0.6 is 0 Å². The molecular formula is C40H54O3. The van der Waals surface area contributed by atoms with E-state index in [0.717, 1.165) is 29.6 Å². The Morgan fingerprint density at radius 2 is 1.21 bits per heavy atom. The van der Waals surface area contributed by atoms with Gasteiger partial charge in [0.2, 0.25) is 0 Å². The molecule has 0 bridgehead atoms. The fourth-order valence-corrected chi connectivity index (χ4v) is 5.93. The third-order valence-corrected chi connectivity index (χ3v) is 8.98. The number of aliphatic hydroxyl groups is 1. The van der Waals surface area contributed by atoms with Crippen LogP contribution in [0.3, 0.4) is 0 Å². The van der Waals surface area contributed by atoms with E-state index >= 15 is 0 Å². The van der Waals surface area contributed by atoms with Gasteiger partial charge in [-0.3, -0.25) is 9.59 Å². The fraction of sp³-hybridized carbons (Fsp3) is 0.450. The minimum absolute atomic E-state index is 0.00746. The highest BCUT2D eigenvalue weighted by Gasteiger charge is 2.52. The quantitative estimate of drug-likeness (QED) is 0.195. The second-order valence-corrected chi connectivity index (χ2v) is 14.0. The zero-order valence-electron chi connectivity index (χ0n) is 28.3. The molecule has 0 spiro atoms. The Hall–Kier alpha value is -3.30. The lowest BCUT2D eigenvalue weighted by Gasteiger charge is -2.35. The van der Waals surface area contributed by atoms with Crippen LogP contribution in [0, 0.1) is 16.2 Å². The van der Waals surface area contributed by atoms with Crippen LogP contribution in [0.4, 0.5) is 0 Å². The number of Topliss-reactive ketones (excluding diaryl/α,β-unsaturated/α-hetero) is 1. The van der Waals surface area contributed by atoms with E-state index in [1.807, 2.05) is 64.2 Å². The van der Waals surface area contributed by atoms with Crippen LogP contribution in [0.15, 0.2) is 119 Å². The Morgan fingerprint density at radius 1 is 0.721 bits per heavy atom. The summed E-state index contributed by atoms with van der Waals surface area (Å²) in [6, 6.07) is 0. The number of ketones is 2. The van der Waals surface area contributed by atoms with Crippen molar-refractivity contribution in [3.8, 4) is 0 Å². The van der Waals surface area contributed by atoms with Gasteiger partial charge in [0.05, 0.1) is 6.10 Å². The molecule has 43 heavy (non-hydrogen) atoms. The van der Waals surface area contributed by atoms with E-state index in [4.69, 9.17) is 0 Å². The van der Waals surface area contributed by atoms with Gasteiger partial charge in [0.15, 0.2) is 5.78 Å². The van der Waals surface area contributed by atoms with Crippen LogP contribution in [0.2, 0.25) is 0 Å². The van der Waals surface area contributed by atoms with Crippen LogP contribution in [-0.4, -0.2) is 22.8 Å². The number of aliphatic hydroxyl groups excluding tert-OH is 1. The number of rotatable bonds is 11. The summed E-state index contributed by atoms with van der Waals surface area (Å²) < 4.78 is 0. The number of carbonyl (C=O) groups excluding carboxylic acids is 2. The topological polar surface area (TPSA) is 54.4 Å². The summed E-state index contributed by atoms with van der Waals surface area (Å²) in [5, 5.41) is 10.1. The van der Waals surface area contributed by atoms with E-state index in [1.165, 1.54) is 16.7 Å². The van der Waals surface area contributed by atoms with E-state index in [2.05, 4.69) is 84.1 Å². The lowest BCUT2D eigenvalue weighted by Crippen LogP contribution is -2.36. The molecular weight excluding hydrogens is 528 g/mol. The molecule has 2 aliphatic rings. The van der Waals surface area contributed by atoms with Gasteiger partial charge in [-0.05, 0) is 69.9 Å². The highest BCUT2D eigenvalue weighted by Crippen LogP contribution is 2.51. The van der Waals surface area contributed by atoms with Gasteiger partial charge < -0.3 is 5.11 Å². The van der Waals surface area contributed by atoms with Gasteiger partial charge in [0.1, 0.15) is 5.78 Å². The smallest absolute Gasteiger partial charge is 0.162 e. The normalized spacial score (nSPS) is 26.0. The van der Waals surface area contributed by atoms with Gasteiger partial charge in [0, 0.05) is 18.3 Å². The minimum Gasteiger partial charge on any atom is -0.393 e.